The molecule has 196 valence electrons. The molecule has 0 amide bonds. The van der Waals surface area contributed by atoms with Gasteiger partial charge in [-0.25, -0.2) is 9.37 Å². The standard InChI is InChI=1S/C31H24FN7S/c1-18-7-8-26(40-18)30-29-25(9-10-35-30)36-31(37-29)28-23-12-21(13-24(32)27(23)38-39-28)22-11-20(16-34-17-22)15-33-14-19-5-3-2-4-6-19/h2-13,16-17,33H,14-15H2,1H3,(H,36,37)(H,38,39). The smallest absolute Gasteiger partial charge is 0.157 e. The molecule has 0 atom stereocenters. The van der Waals surface area contributed by atoms with E-state index in [-0.39, 0.29) is 5.52 Å². The first-order valence-electron chi connectivity index (χ1n) is 12.9. The van der Waals surface area contributed by atoms with E-state index in [2.05, 4.69) is 61.7 Å². The van der Waals surface area contributed by atoms with E-state index in [1.807, 2.05) is 42.6 Å². The van der Waals surface area contributed by atoms with Crippen molar-refractivity contribution in [3.63, 3.8) is 0 Å². The number of aromatic amines is 2. The largest absolute Gasteiger partial charge is 0.337 e. The molecule has 7 aromatic rings. The number of rotatable bonds is 7. The van der Waals surface area contributed by atoms with Crippen molar-refractivity contribution >= 4 is 33.3 Å². The Morgan fingerprint density at radius 3 is 2.62 bits per heavy atom. The first-order valence-corrected chi connectivity index (χ1v) is 13.7. The monoisotopic (exact) mass is 545 g/mol. The van der Waals surface area contributed by atoms with Crippen LogP contribution < -0.4 is 5.32 Å². The summed E-state index contributed by atoms with van der Waals surface area (Å²) in [6.07, 6.45) is 5.35. The number of hydrogen-bond acceptors (Lipinski definition) is 6. The SMILES string of the molecule is Cc1ccc(-c2nccc3[nH]c(-c4[nH]nc5c(F)cc(-c6cncc(CNCc7ccccc7)c6)cc45)nc23)s1. The summed E-state index contributed by atoms with van der Waals surface area (Å²) in [6.45, 7) is 3.47. The van der Waals surface area contributed by atoms with Crippen LogP contribution in [0, 0.1) is 12.7 Å². The quantitative estimate of drug-likeness (QED) is 0.200. The Bertz CT molecular complexity index is 1970. The van der Waals surface area contributed by atoms with Crippen LogP contribution in [0.2, 0.25) is 0 Å². The van der Waals surface area contributed by atoms with Gasteiger partial charge in [0.15, 0.2) is 11.6 Å². The second-order valence-electron chi connectivity index (χ2n) is 9.68. The van der Waals surface area contributed by atoms with Crippen molar-refractivity contribution in [2.24, 2.45) is 0 Å². The highest BCUT2D eigenvalue weighted by Gasteiger charge is 2.19. The number of nitrogens with zero attached hydrogens (tertiary/aromatic N) is 4. The van der Waals surface area contributed by atoms with Crippen molar-refractivity contribution in [1.29, 1.82) is 0 Å². The van der Waals surface area contributed by atoms with Crippen molar-refractivity contribution in [3.8, 4) is 33.2 Å². The van der Waals surface area contributed by atoms with E-state index in [0.717, 1.165) is 44.8 Å². The Morgan fingerprint density at radius 1 is 0.900 bits per heavy atom. The molecule has 0 aliphatic rings. The summed E-state index contributed by atoms with van der Waals surface area (Å²) >= 11 is 1.67. The molecule has 0 spiro atoms. The van der Waals surface area contributed by atoms with E-state index in [1.165, 1.54) is 16.5 Å². The second-order valence-corrected chi connectivity index (χ2v) is 11.0. The molecule has 2 aromatic carbocycles. The molecule has 0 unspecified atom stereocenters. The number of nitrogens with one attached hydrogen (secondary N) is 3. The van der Waals surface area contributed by atoms with Gasteiger partial charge in [0.1, 0.15) is 22.4 Å². The lowest BCUT2D eigenvalue weighted by atomic mass is 10.0. The third-order valence-corrected chi connectivity index (χ3v) is 7.86. The van der Waals surface area contributed by atoms with Gasteiger partial charge < -0.3 is 10.3 Å². The summed E-state index contributed by atoms with van der Waals surface area (Å²) in [5, 5.41) is 11.4. The van der Waals surface area contributed by atoms with Crippen molar-refractivity contribution in [2.45, 2.75) is 20.0 Å². The minimum Gasteiger partial charge on any atom is -0.337 e. The number of aryl methyl sites for hydroxylation is 1. The fraction of sp³-hybridized carbons (Fsp3) is 0.0968. The predicted octanol–water partition coefficient (Wildman–Crippen LogP) is 7.03. The van der Waals surface area contributed by atoms with E-state index in [9.17, 15) is 0 Å². The average Bonchev–Trinajstić information content (AvgIpc) is 3.71. The number of imidazole rings is 1. The lowest BCUT2D eigenvalue weighted by Crippen LogP contribution is -2.12. The normalized spacial score (nSPS) is 11.6. The van der Waals surface area contributed by atoms with Crippen LogP contribution in [0.4, 0.5) is 4.39 Å². The number of thiophene rings is 1. The predicted molar refractivity (Wildman–Crippen MR) is 157 cm³/mol. The highest BCUT2D eigenvalue weighted by Crippen LogP contribution is 2.35. The minimum absolute atomic E-state index is 0.264. The van der Waals surface area contributed by atoms with Crippen LogP contribution in [-0.2, 0) is 13.1 Å². The number of benzene rings is 2. The summed E-state index contributed by atoms with van der Waals surface area (Å²) in [5.74, 6) is 0.170. The van der Waals surface area contributed by atoms with E-state index >= 15 is 4.39 Å². The van der Waals surface area contributed by atoms with Crippen LogP contribution in [0.15, 0.2) is 85.3 Å². The third-order valence-electron chi connectivity index (χ3n) is 6.85. The maximum Gasteiger partial charge on any atom is 0.157 e. The Balaban J connectivity index is 1.23. The zero-order valence-electron chi connectivity index (χ0n) is 21.6. The van der Waals surface area contributed by atoms with Crippen LogP contribution in [0.3, 0.4) is 0 Å². The molecule has 3 N–H and O–H groups in total. The lowest BCUT2D eigenvalue weighted by molar-refractivity contribution is 0.636. The van der Waals surface area contributed by atoms with E-state index in [0.29, 0.717) is 23.4 Å². The first-order chi connectivity index (χ1) is 19.6. The highest BCUT2D eigenvalue weighted by atomic mass is 32.1. The van der Waals surface area contributed by atoms with Gasteiger partial charge in [0.25, 0.3) is 0 Å². The topological polar surface area (TPSA) is 95.2 Å². The molecule has 5 heterocycles. The van der Waals surface area contributed by atoms with Gasteiger partial charge in [-0.2, -0.15) is 5.10 Å². The second kappa shape index (κ2) is 10.1. The Kier molecular flexibility index (Phi) is 6.14. The number of hydrogen-bond donors (Lipinski definition) is 3. The zero-order valence-corrected chi connectivity index (χ0v) is 22.4. The molecule has 0 saturated heterocycles. The van der Waals surface area contributed by atoms with Crippen molar-refractivity contribution < 1.29 is 4.39 Å². The van der Waals surface area contributed by atoms with Crippen LogP contribution in [-0.4, -0.2) is 30.1 Å². The summed E-state index contributed by atoms with van der Waals surface area (Å²) in [4.78, 5) is 19.5. The molecular weight excluding hydrogens is 521 g/mol. The Morgan fingerprint density at radius 2 is 1.77 bits per heavy atom. The molecule has 5 aromatic heterocycles. The maximum absolute atomic E-state index is 15.3. The van der Waals surface area contributed by atoms with Gasteiger partial charge in [-0.3, -0.25) is 15.1 Å². The van der Waals surface area contributed by atoms with Crippen LogP contribution in [0.5, 0.6) is 0 Å². The molecule has 0 saturated carbocycles. The minimum atomic E-state index is -0.407. The Hall–Kier alpha value is -4.73. The van der Waals surface area contributed by atoms with E-state index in [1.54, 1.807) is 23.7 Å². The van der Waals surface area contributed by atoms with Crippen LogP contribution in [0.25, 0.3) is 55.2 Å². The van der Waals surface area contributed by atoms with Crippen LogP contribution >= 0.6 is 11.3 Å². The number of fused-ring (bicyclic) bond motifs is 2. The molecule has 0 aliphatic heterocycles. The van der Waals surface area contributed by atoms with E-state index in [4.69, 9.17) is 4.98 Å². The van der Waals surface area contributed by atoms with Gasteiger partial charge >= 0.3 is 0 Å². The first kappa shape index (κ1) is 24.3. The summed E-state index contributed by atoms with van der Waals surface area (Å²) in [7, 11) is 0. The average molecular weight is 546 g/mol. The molecule has 0 radical (unpaired) electrons. The van der Waals surface area contributed by atoms with Crippen molar-refractivity contribution in [2.75, 3.05) is 0 Å². The van der Waals surface area contributed by atoms with Gasteiger partial charge in [-0.05, 0) is 60.0 Å². The fourth-order valence-electron chi connectivity index (χ4n) is 4.91. The van der Waals surface area contributed by atoms with Gasteiger partial charge in [-0.15, -0.1) is 11.3 Å². The number of H-pyrrole nitrogens is 2. The molecule has 7 nitrogen and oxygen atoms in total. The van der Waals surface area contributed by atoms with Gasteiger partial charge in [-0.1, -0.05) is 30.3 Å². The van der Waals surface area contributed by atoms with Crippen molar-refractivity contribution in [3.05, 3.63) is 107 Å². The van der Waals surface area contributed by atoms with Gasteiger partial charge in [0.05, 0.1) is 10.4 Å². The van der Waals surface area contributed by atoms with Crippen LogP contribution in [0.1, 0.15) is 16.0 Å². The molecule has 0 bridgehead atoms. The molecule has 0 fully saturated rings. The lowest BCUT2D eigenvalue weighted by Gasteiger charge is -2.08. The molecule has 7 rings (SSSR count). The molecule has 9 heteroatoms. The number of pyridine rings is 2. The van der Waals surface area contributed by atoms with Gasteiger partial charge in [0, 0.05) is 47.5 Å². The molecule has 40 heavy (non-hydrogen) atoms. The maximum atomic E-state index is 15.3. The third kappa shape index (κ3) is 4.55. The number of aromatic nitrogens is 6. The Labute approximate surface area is 233 Å². The fourth-order valence-corrected chi connectivity index (χ4v) is 5.77. The number of halogens is 1. The summed E-state index contributed by atoms with van der Waals surface area (Å²) < 4.78 is 15.3. The molecule has 0 aliphatic carbocycles. The molecular formula is C31H24FN7S. The van der Waals surface area contributed by atoms with Gasteiger partial charge in [0.2, 0.25) is 0 Å². The highest BCUT2D eigenvalue weighted by molar-refractivity contribution is 7.15. The summed E-state index contributed by atoms with van der Waals surface area (Å²) in [6, 6.07) is 21.7. The summed E-state index contributed by atoms with van der Waals surface area (Å²) in [5.41, 5.74) is 7.09. The van der Waals surface area contributed by atoms with Crippen molar-refractivity contribution in [1.82, 2.24) is 35.5 Å². The zero-order chi connectivity index (χ0) is 27.1. The van der Waals surface area contributed by atoms with E-state index < -0.39 is 5.82 Å².